The lowest BCUT2D eigenvalue weighted by Gasteiger charge is -2.13. The minimum atomic E-state index is -4.36. The Morgan fingerprint density at radius 3 is 2.13 bits per heavy atom. The van der Waals surface area contributed by atoms with Crippen molar-refractivity contribution >= 4 is 12.0 Å². The number of rotatable bonds is 8. The molecule has 0 saturated heterocycles. The van der Waals surface area contributed by atoms with E-state index in [1.165, 1.54) is 12.1 Å². The summed E-state index contributed by atoms with van der Waals surface area (Å²) in [5.74, 6) is 0.322. The number of para-hydroxylation sites is 3. The fourth-order valence-corrected chi connectivity index (χ4v) is 2.79. The van der Waals surface area contributed by atoms with E-state index in [1.54, 1.807) is 60.7 Å². The number of alkyl halides is 3. The molecule has 7 heteroatoms. The van der Waals surface area contributed by atoms with Gasteiger partial charge in [0.25, 0.3) is 0 Å². The molecule has 3 aromatic carbocycles. The highest BCUT2D eigenvalue weighted by Crippen LogP contribution is 2.33. The Labute approximate surface area is 177 Å². The molecule has 3 aromatic rings. The molecule has 0 bridgehead atoms. The summed E-state index contributed by atoms with van der Waals surface area (Å²) in [5, 5.41) is 9.06. The van der Waals surface area contributed by atoms with Crippen LogP contribution in [0.1, 0.15) is 16.7 Å². The average molecular weight is 428 g/mol. The molecular formula is C24H19F3O4. The van der Waals surface area contributed by atoms with Gasteiger partial charge in [-0.2, -0.15) is 13.2 Å². The first-order chi connectivity index (χ1) is 14.8. The van der Waals surface area contributed by atoms with Gasteiger partial charge in [-0.05, 0) is 42.0 Å². The van der Waals surface area contributed by atoms with Crippen LogP contribution in [0.25, 0.3) is 6.08 Å². The molecule has 0 saturated carbocycles. The van der Waals surface area contributed by atoms with Crippen LogP contribution in [0.2, 0.25) is 0 Å². The quantitative estimate of drug-likeness (QED) is 0.463. The Hall–Kier alpha value is -3.74. The normalized spacial score (nSPS) is 11.5. The van der Waals surface area contributed by atoms with Crippen molar-refractivity contribution in [3.05, 3.63) is 95.6 Å². The molecule has 0 fully saturated rings. The first kappa shape index (κ1) is 22.0. The number of aliphatic carboxylic acids is 1. The van der Waals surface area contributed by atoms with Gasteiger partial charge in [-0.15, -0.1) is 0 Å². The zero-order valence-corrected chi connectivity index (χ0v) is 16.3. The second-order valence-electron chi connectivity index (χ2n) is 6.56. The van der Waals surface area contributed by atoms with Crippen LogP contribution >= 0.6 is 0 Å². The van der Waals surface area contributed by atoms with Gasteiger partial charge in [-0.1, -0.05) is 48.5 Å². The summed E-state index contributed by atoms with van der Waals surface area (Å²) in [6, 6.07) is 18.6. The molecule has 0 radical (unpaired) electrons. The predicted molar refractivity (Wildman–Crippen MR) is 110 cm³/mol. The van der Waals surface area contributed by atoms with E-state index in [1.807, 2.05) is 0 Å². The van der Waals surface area contributed by atoms with Crippen LogP contribution in [0.15, 0.2) is 78.9 Å². The highest BCUT2D eigenvalue weighted by molar-refractivity contribution is 5.71. The number of hydrogen-bond acceptors (Lipinski definition) is 3. The molecule has 3 rings (SSSR count). The van der Waals surface area contributed by atoms with Gasteiger partial charge in [0.1, 0.15) is 12.4 Å². The Kier molecular flexibility index (Phi) is 6.97. The zero-order chi connectivity index (χ0) is 22.3. The molecule has 0 aliphatic carbocycles. The van der Waals surface area contributed by atoms with Crippen LogP contribution in [-0.4, -0.2) is 17.7 Å². The summed E-state index contributed by atoms with van der Waals surface area (Å²) in [4.78, 5) is 11.1. The van der Waals surface area contributed by atoms with E-state index >= 15 is 0 Å². The zero-order valence-electron chi connectivity index (χ0n) is 16.3. The van der Waals surface area contributed by atoms with Gasteiger partial charge in [-0.3, -0.25) is 4.79 Å². The largest absolute Gasteiger partial charge is 0.486 e. The van der Waals surface area contributed by atoms with Crippen molar-refractivity contribution in [3.8, 4) is 17.2 Å². The standard InChI is InChI=1S/C24H19F3O4/c25-24(26,27)19-13-11-17(12-14-19)6-5-15-30-21-9-3-4-10-22(21)31-20-8-2-1-7-18(20)16-23(28)29/h1-14H,15-16H2,(H,28,29). The number of benzene rings is 3. The average Bonchev–Trinajstić information content (AvgIpc) is 2.73. The number of carbonyl (C=O) groups is 1. The maximum atomic E-state index is 12.6. The van der Waals surface area contributed by atoms with Crippen LogP contribution in [0.5, 0.6) is 17.2 Å². The topological polar surface area (TPSA) is 55.8 Å². The highest BCUT2D eigenvalue weighted by atomic mass is 19.4. The van der Waals surface area contributed by atoms with Gasteiger partial charge in [0.05, 0.1) is 12.0 Å². The molecular weight excluding hydrogens is 409 g/mol. The minimum absolute atomic E-state index is 0.165. The molecule has 0 atom stereocenters. The Bertz CT molecular complexity index is 1060. The predicted octanol–water partition coefficient (Wildman–Crippen LogP) is 6.22. The molecule has 0 spiro atoms. The van der Waals surface area contributed by atoms with Gasteiger partial charge in [0.15, 0.2) is 11.5 Å². The summed E-state index contributed by atoms with van der Waals surface area (Å²) in [7, 11) is 0. The van der Waals surface area contributed by atoms with Gasteiger partial charge in [-0.25, -0.2) is 0 Å². The number of ether oxygens (including phenoxy) is 2. The molecule has 0 aliphatic heterocycles. The Morgan fingerprint density at radius 1 is 0.871 bits per heavy atom. The van der Waals surface area contributed by atoms with Crippen molar-refractivity contribution in [2.45, 2.75) is 12.6 Å². The van der Waals surface area contributed by atoms with Crippen LogP contribution in [0, 0.1) is 0 Å². The number of carboxylic acids is 1. The summed E-state index contributed by atoms with van der Waals surface area (Å²) >= 11 is 0. The Morgan fingerprint density at radius 2 is 1.48 bits per heavy atom. The van der Waals surface area contributed by atoms with Crippen molar-refractivity contribution < 1.29 is 32.5 Å². The third kappa shape index (κ3) is 6.37. The number of halogens is 3. The molecule has 0 unspecified atom stereocenters. The first-order valence-corrected chi connectivity index (χ1v) is 9.36. The second-order valence-corrected chi connectivity index (χ2v) is 6.56. The van der Waals surface area contributed by atoms with Gasteiger partial charge >= 0.3 is 12.1 Å². The second kappa shape index (κ2) is 9.84. The van der Waals surface area contributed by atoms with E-state index < -0.39 is 17.7 Å². The lowest BCUT2D eigenvalue weighted by molar-refractivity contribution is -0.138. The van der Waals surface area contributed by atoms with Crippen molar-refractivity contribution in [2.24, 2.45) is 0 Å². The van der Waals surface area contributed by atoms with Gasteiger partial charge < -0.3 is 14.6 Å². The lowest BCUT2D eigenvalue weighted by atomic mass is 10.1. The summed E-state index contributed by atoms with van der Waals surface area (Å²) < 4.78 is 49.5. The van der Waals surface area contributed by atoms with E-state index in [2.05, 4.69) is 0 Å². The fourth-order valence-electron chi connectivity index (χ4n) is 2.79. The number of hydrogen-bond donors (Lipinski definition) is 1. The molecule has 0 aromatic heterocycles. The SMILES string of the molecule is O=C(O)Cc1ccccc1Oc1ccccc1OCC=Cc1ccc(C(F)(F)F)cc1. The maximum Gasteiger partial charge on any atom is 0.416 e. The van der Waals surface area contributed by atoms with E-state index in [0.717, 1.165) is 12.1 Å². The molecule has 4 nitrogen and oxygen atoms in total. The van der Waals surface area contributed by atoms with Crippen molar-refractivity contribution in [1.82, 2.24) is 0 Å². The summed E-state index contributed by atoms with van der Waals surface area (Å²) in [5.41, 5.74) is 0.450. The van der Waals surface area contributed by atoms with E-state index in [4.69, 9.17) is 14.6 Å². The third-order valence-electron chi connectivity index (χ3n) is 4.27. The van der Waals surface area contributed by atoms with Crippen molar-refractivity contribution in [3.63, 3.8) is 0 Å². The fraction of sp³-hybridized carbons (Fsp3) is 0.125. The monoisotopic (exact) mass is 428 g/mol. The van der Waals surface area contributed by atoms with Gasteiger partial charge in [0, 0.05) is 5.56 Å². The molecule has 0 heterocycles. The van der Waals surface area contributed by atoms with E-state index in [9.17, 15) is 18.0 Å². The molecule has 0 amide bonds. The van der Waals surface area contributed by atoms with Crippen LogP contribution in [0.3, 0.4) is 0 Å². The molecule has 0 aliphatic rings. The third-order valence-corrected chi connectivity index (χ3v) is 4.27. The summed E-state index contributed by atoms with van der Waals surface area (Å²) in [6.07, 6.45) is -1.20. The van der Waals surface area contributed by atoms with Crippen molar-refractivity contribution in [2.75, 3.05) is 6.61 Å². The van der Waals surface area contributed by atoms with Crippen LogP contribution in [0.4, 0.5) is 13.2 Å². The van der Waals surface area contributed by atoms with Crippen LogP contribution < -0.4 is 9.47 Å². The summed E-state index contributed by atoms with van der Waals surface area (Å²) in [6.45, 7) is 0.165. The molecule has 31 heavy (non-hydrogen) atoms. The van der Waals surface area contributed by atoms with Crippen molar-refractivity contribution in [1.29, 1.82) is 0 Å². The Balaban J connectivity index is 1.65. The minimum Gasteiger partial charge on any atom is -0.486 e. The van der Waals surface area contributed by atoms with E-state index in [0.29, 0.717) is 28.4 Å². The smallest absolute Gasteiger partial charge is 0.416 e. The molecule has 1 N–H and O–H groups in total. The molecule has 160 valence electrons. The highest BCUT2D eigenvalue weighted by Gasteiger charge is 2.29. The van der Waals surface area contributed by atoms with E-state index in [-0.39, 0.29) is 13.0 Å². The lowest BCUT2D eigenvalue weighted by Crippen LogP contribution is -2.04. The first-order valence-electron chi connectivity index (χ1n) is 9.36. The maximum absolute atomic E-state index is 12.6. The number of carboxylic acid groups (broad SMARTS) is 1. The van der Waals surface area contributed by atoms with Crippen LogP contribution in [-0.2, 0) is 17.4 Å². The van der Waals surface area contributed by atoms with Gasteiger partial charge in [0.2, 0.25) is 0 Å².